The molecule has 0 saturated heterocycles. The zero-order chi connectivity index (χ0) is 31.5. The van der Waals surface area contributed by atoms with Crippen LogP contribution in [0.15, 0.2) is 109 Å². The quantitative estimate of drug-likeness (QED) is 0.200. The third kappa shape index (κ3) is 8.90. The highest BCUT2D eigenvalue weighted by molar-refractivity contribution is 7.92. The maximum Gasteiger partial charge on any atom is 0.244 e. The van der Waals surface area contributed by atoms with Crippen molar-refractivity contribution >= 4 is 27.5 Å². The lowest BCUT2D eigenvalue weighted by Crippen LogP contribution is -2.53. The second kappa shape index (κ2) is 15.2. The highest BCUT2D eigenvalue weighted by Crippen LogP contribution is 2.26. The average molecular weight is 618 g/mol. The first-order valence-corrected chi connectivity index (χ1v) is 16.2. The minimum atomic E-state index is -3.95. The van der Waals surface area contributed by atoms with Crippen LogP contribution in [0.2, 0.25) is 0 Å². The normalized spacial score (nSPS) is 11.8. The van der Waals surface area contributed by atoms with Gasteiger partial charge in [0.25, 0.3) is 0 Å². The first-order chi connectivity index (χ1) is 21.2. The molecule has 4 aromatic carbocycles. The van der Waals surface area contributed by atoms with Gasteiger partial charge in [-0.05, 0) is 54.4 Å². The minimum Gasteiger partial charge on any atom is -0.457 e. The first kappa shape index (κ1) is 32.2. The van der Waals surface area contributed by atoms with Gasteiger partial charge in [0.1, 0.15) is 29.9 Å². The largest absolute Gasteiger partial charge is 0.457 e. The van der Waals surface area contributed by atoms with Crippen molar-refractivity contribution < 1.29 is 27.1 Å². The van der Waals surface area contributed by atoms with Crippen LogP contribution in [0.25, 0.3) is 0 Å². The highest BCUT2D eigenvalue weighted by Gasteiger charge is 2.33. The number of hydrogen-bond donors (Lipinski definition) is 1. The molecule has 10 heteroatoms. The third-order valence-corrected chi connectivity index (χ3v) is 8.04. The Morgan fingerprint density at radius 2 is 1.43 bits per heavy atom. The number of carbonyl (C=O) groups is 2. The molecule has 230 valence electrons. The molecule has 8 nitrogen and oxygen atoms in total. The van der Waals surface area contributed by atoms with Crippen molar-refractivity contribution in [2.24, 2.45) is 0 Å². The Labute approximate surface area is 258 Å². The number of halogens is 1. The van der Waals surface area contributed by atoms with Gasteiger partial charge in [-0.1, -0.05) is 73.7 Å². The summed E-state index contributed by atoms with van der Waals surface area (Å²) >= 11 is 0. The van der Waals surface area contributed by atoms with E-state index in [1.165, 1.54) is 17.0 Å². The third-order valence-electron chi connectivity index (χ3n) is 6.90. The van der Waals surface area contributed by atoms with Gasteiger partial charge >= 0.3 is 0 Å². The molecule has 0 aliphatic heterocycles. The molecule has 44 heavy (non-hydrogen) atoms. The lowest BCUT2D eigenvalue weighted by Gasteiger charge is -2.33. The van der Waals surface area contributed by atoms with Crippen molar-refractivity contribution in [3.63, 3.8) is 0 Å². The smallest absolute Gasteiger partial charge is 0.244 e. The summed E-state index contributed by atoms with van der Waals surface area (Å²) in [6.45, 7) is 1.47. The fraction of sp³-hybridized carbons (Fsp3) is 0.235. The van der Waals surface area contributed by atoms with Crippen LogP contribution in [-0.4, -0.2) is 50.5 Å². The number of sulfonamides is 1. The SMILES string of the molecule is CCCNC(=O)[C@H](Cc1ccccc1)N(Cc1ccccc1F)C(=O)CN(c1ccc(Oc2ccccc2)cc1)S(C)(=O)=O. The Kier molecular flexibility index (Phi) is 11.1. The topological polar surface area (TPSA) is 96.0 Å². The molecule has 0 bridgehead atoms. The summed E-state index contributed by atoms with van der Waals surface area (Å²) in [5, 5.41) is 2.86. The number of carbonyl (C=O) groups excluding carboxylic acids is 2. The summed E-state index contributed by atoms with van der Waals surface area (Å²) in [5.74, 6) is -0.502. The van der Waals surface area contributed by atoms with Gasteiger partial charge < -0.3 is 15.0 Å². The van der Waals surface area contributed by atoms with Gasteiger partial charge in [-0.3, -0.25) is 13.9 Å². The Morgan fingerprint density at radius 1 is 0.841 bits per heavy atom. The lowest BCUT2D eigenvalue weighted by atomic mass is 10.0. The molecule has 0 radical (unpaired) electrons. The molecule has 0 saturated carbocycles. The summed E-state index contributed by atoms with van der Waals surface area (Å²) in [4.78, 5) is 28.9. The van der Waals surface area contributed by atoms with E-state index in [1.807, 2.05) is 55.5 Å². The number of amides is 2. The zero-order valence-electron chi connectivity index (χ0n) is 24.7. The predicted molar refractivity (Wildman–Crippen MR) is 169 cm³/mol. The van der Waals surface area contributed by atoms with Crippen LogP contribution in [0.1, 0.15) is 24.5 Å². The first-order valence-electron chi connectivity index (χ1n) is 14.3. The van der Waals surface area contributed by atoms with Crippen LogP contribution in [0, 0.1) is 5.82 Å². The second-order valence-corrected chi connectivity index (χ2v) is 12.2. The molecule has 0 spiro atoms. The summed E-state index contributed by atoms with van der Waals surface area (Å²) in [6.07, 6.45) is 1.84. The molecule has 0 heterocycles. The molecule has 0 aliphatic rings. The molecule has 0 aromatic heterocycles. The number of anilines is 1. The predicted octanol–water partition coefficient (Wildman–Crippen LogP) is 5.55. The molecule has 4 rings (SSSR count). The van der Waals surface area contributed by atoms with E-state index in [-0.39, 0.29) is 24.2 Å². The van der Waals surface area contributed by atoms with Gasteiger partial charge in [-0.25, -0.2) is 12.8 Å². The van der Waals surface area contributed by atoms with Crippen molar-refractivity contribution in [3.8, 4) is 11.5 Å². The second-order valence-electron chi connectivity index (χ2n) is 10.3. The Bertz CT molecular complexity index is 1630. The van der Waals surface area contributed by atoms with Crippen LogP contribution < -0.4 is 14.4 Å². The standard InChI is InChI=1S/C34H36FN3O5S/c1-3-22-36-34(40)32(23-26-12-6-4-7-13-26)37(24-27-14-10-11-17-31(27)35)33(39)25-38(44(2,41)42)28-18-20-30(21-19-28)43-29-15-8-5-9-16-29/h4-21,32H,3,22-25H2,1-2H3,(H,36,40)/t32-/m0/s1. The number of hydrogen-bond acceptors (Lipinski definition) is 5. The van der Waals surface area contributed by atoms with Gasteiger partial charge in [0.05, 0.1) is 11.9 Å². The Hall–Kier alpha value is -4.70. The summed E-state index contributed by atoms with van der Waals surface area (Å²) in [7, 11) is -3.95. The van der Waals surface area contributed by atoms with E-state index in [2.05, 4.69) is 5.32 Å². The van der Waals surface area contributed by atoms with Crippen LogP contribution in [0.4, 0.5) is 10.1 Å². The zero-order valence-corrected chi connectivity index (χ0v) is 25.5. The minimum absolute atomic E-state index is 0.154. The van der Waals surface area contributed by atoms with Crippen LogP contribution in [0.5, 0.6) is 11.5 Å². The van der Waals surface area contributed by atoms with Gasteiger partial charge in [-0.2, -0.15) is 0 Å². The number of ether oxygens (including phenoxy) is 1. The number of nitrogens with zero attached hydrogens (tertiary/aromatic N) is 2. The molecule has 0 aliphatic carbocycles. The van der Waals surface area contributed by atoms with Crippen molar-refractivity contribution in [2.45, 2.75) is 32.4 Å². The van der Waals surface area contributed by atoms with E-state index in [4.69, 9.17) is 4.74 Å². The van der Waals surface area contributed by atoms with Crippen molar-refractivity contribution in [3.05, 3.63) is 126 Å². The van der Waals surface area contributed by atoms with E-state index in [0.717, 1.165) is 16.1 Å². The number of nitrogens with one attached hydrogen (secondary N) is 1. The van der Waals surface area contributed by atoms with E-state index < -0.39 is 40.2 Å². The van der Waals surface area contributed by atoms with Crippen LogP contribution >= 0.6 is 0 Å². The fourth-order valence-corrected chi connectivity index (χ4v) is 5.50. The van der Waals surface area contributed by atoms with E-state index >= 15 is 0 Å². The maximum atomic E-state index is 14.9. The molecular formula is C34H36FN3O5S. The van der Waals surface area contributed by atoms with E-state index in [1.54, 1.807) is 48.5 Å². The van der Waals surface area contributed by atoms with Crippen LogP contribution in [0.3, 0.4) is 0 Å². The Balaban J connectivity index is 1.67. The molecule has 1 N–H and O–H groups in total. The molecular weight excluding hydrogens is 581 g/mol. The molecule has 0 fully saturated rings. The lowest BCUT2D eigenvalue weighted by molar-refractivity contribution is -0.140. The molecule has 2 amide bonds. The van der Waals surface area contributed by atoms with Crippen molar-refractivity contribution in [1.29, 1.82) is 0 Å². The number of benzene rings is 4. The maximum absolute atomic E-state index is 14.9. The van der Waals surface area contributed by atoms with Crippen molar-refractivity contribution in [2.75, 3.05) is 23.7 Å². The summed E-state index contributed by atoms with van der Waals surface area (Å²) in [5.41, 5.74) is 1.24. The average Bonchev–Trinajstić information content (AvgIpc) is 3.02. The van der Waals surface area contributed by atoms with Gasteiger partial charge in [0.15, 0.2) is 0 Å². The molecule has 1 atom stereocenters. The summed E-state index contributed by atoms with van der Waals surface area (Å²) in [6, 6.07) is 29.6. The van der Waals surface area contributed by atoms with Crippen LogP contribution in [-0.2, 0) is 32.6 Å². The molecule has 0 unspecified atom stereocenters. The summed E-state index contributed by atoms with van der Waals surface area (Å²) < 4.78 is 47.7. The number of rotatable bonds is 14. The van der Waals surface area contributed by atoms with Crippen molar-refractivity contribution in [1.82, 2.24) is 10.2 Å². The number of para-hydroxylation sites is 1. The van der Waals surface area contributed by atoms with Gasteiger partial charge in [0, 0.05) is 25.1 Å². The molecule has 4 aromatic rings. The monoisotopic (exact) mass is 617 g/mol. The highest BCUT2D eigenvalue weighted by atomic mass is 32.2. The Morgan fingerprint density at radius 3 is 2.05 bits per heavy atom. The fourth-order valence-electron chi connectivity index (χ4n) is 4.65. The van der Waals surface area contributed by atoms with E-state index in [0.29, 0.717) is 24.5 Å². The van der Waals surface area contributed by atoms with Gasteiger partial charge in [0.2, 0.25) is 21.8 Å². The van der Waals surface area contributed by atoms with Gasteiger partial charge in [-0.15, -0.1) is 0 Å². The van der Waals surface area contributed by atoms with E-state index in [9.17, 15) is 22.4 Å².